The number of nitrogens with zero attached hydrogens (tertiary/aromatic N) is 1. The normalized spacial score (nSPS) is 24.8. The van der Waals surface area contributed by atoms with Crippen molar-refractivity contribution >= 4 is 43.2 Å². The average molecular weight is 576 g/mol. The standard InChI is InChI=1S/C21H24F3N3O6S3/c22-21(23,24)35(29,30)19-13-17(36(25,31)32)6-7-18(19)26-15(14-34-16-4-2-1-3-5-16)12-20(28)27-8-10-33-11-9-27/h1-7,13,15,26H,8-12,14H2,(H2,25,31,32)/t15-/m1/s1/i8D2,9D2,10D2,11D2. The Morgan fingerprint density at radius 3 is 2.36 bits per heavy atom. The van der Waals surface area contributed by atoms with Gasteiger partial charge in [0.25, 0.3) is 9.84 Å². The Hall–Kier alpha value is -2.33. The first kappa shape index (κ1) is 18.8. The predicted octanol–water partition coefficient (Wildman–Crippen LogP) is 2.45. The van der Waals surface area contributed by atoms with Gasteiger partial charge in [-0.05, 0) is 30.3 Å². The number of carbonyl (C=O) groups excluding carboxylic acids is 1. The van der Waals surface area contributed by atoms with Crippen LogP contribution in [0.25, 0.3) is 0 Å². The maximum atomic E-state index is 13.6. The highest BCUT2D eigenvalue weighted by Crippen LogP contribution is 2.36. The highest BCUT2D eigenvalue weighted by Gasteiger charge is 2.48. The second-order valence-corrected chi connectivity index (χ2v) is 11.6. The highest BCUT2D eigenvalue weighted by atomic mass is 32.2. The van der Waals surface area contributed by atoms with E-state index < -0.39 is 85.3 Å². The fourth-order valence-corrected chi connectivity index (χ4v) is 5.35. The molecule has 9 nitrogen and oxygen atoms in total. The molecule has 0 aromatic heterocycles. The number of benzene rings is 2. The molecule has 1 aliphatic rings. The molecule has 1 saturated heterocycles. The van der Waals surface area contributed by atoms with Crippen molar-refractivity contribution in [1.82, 2.24) is 4.90 Å². The first-order valence-electron chi connectivity index (χ1n) is 13.7. The Morgan fingerprint density at radius 2 is 1.78 bits per heavy atom. The van der Waals surface area contributed by atoms with Crippen LogP contribution in [-0.4, -0.2) is 71.1 Å². The van der Waals surface area contributed by atoms with Gasteiger partial charge in [-0.15, -0.1) is 11.8 Å². The number of carbonyl (C=O) groups is 1. The molecule has 15 heteroatoms. The second-order valence-electron chi connectivity index (χ2n) is 7.08. The van der Waals surface area contributed by atoms with E-state index in [1.807, 2.05) is 0 Å². The van der Waals surface area contributed by atoms with E-state index in [0.717, 1.165) is 11.8 Å². The molecule has 0 radical (unpaired) electrons. The summed E-state index contributed by atoms with van der Waals surface area (Å²) >= 11 is 0.981. The van der Waals surface area contributed by atoms with Crippen molar-refractivity contribution in [3.63, 3.8) is 0 Å². The maximum Gasteiger partial charge on any atom is 0.501 e. The Bertz CT molecular complexity index is 1610. The van der Waals surface area contributed by atoms with Crippen molar-refractivity contribution in [1.29, 1.82) is 0 Å². The molecule has 1 amide bonds. The summed E-state index contributed by atoms with van der Waals surface area (Å²) in [5.41, 5.74) is -6.76. The van der Waals surface area contributed by atoms with E-state index in [0.29, 0.717) is 17.0 Å². The topological polar surface area (TPSA) is 136 Å². The Kier molecular flexibility index (Phi) is 5.95. The molecule has 1 aliphatic heterocycles. The van der Waals surface area contributed by atoms with E-state index in [1.165, 1.54) is 0 Å². The molecular weight excluding hydrogens is 543 g/mol. The molecule has 0 aliphatic carbocycles. The molecule has 0 saturated carbocycles. The molecule has 0 spiro atoms. The summed E-state index contributed by atoms with van der Waals surface area (Å²) in [6.07, 6.45) is -1.05. The molecule has 3 N–H and O–H groups in total. The maximum absolute atomic E-state index is 13.6. The van der Waals surface area contributed by atoms with Gasteiger partial charge in [-0.25, -0.2) is 22.0 Å². The Morgan fingerprint density at radius 1 is 1.14 bits per heavy atom. The molecule has 2 aromatic carbocycles. The van der Waals surface area contributed by atoms with Crippen molar-refractivity contribution in [2.45, 2.75) is 32.7 Å². The van der Waals surface area contributed by atoms with Crippen molar-refractivity contribution in [3.05, 3.63) is 48.5 Å². The third-order valence-electron chi connectivity index (χ3n) is 4.52. The van der Waals surface area contributed by atoms with Gasteiger partial charge in [0, 0.05) is 36.1 Å². The molecular formula is C21H24F3N3O6S3. The molecule has 1 heterocycles. The summed E-state index contributed by atoms with van der Waals surface area (Å²) in [7, 11) is -10.9. The number of sulfonamides is 1. The third kappa shape index (κ3) is 7.12. The van der Waals surface area contributed by atoms with Crippen molar-refractivity contribution in [2.75, 3.05) is 37.2 Å². The SMILES string of the molecule is [2H]C1([2H])OC([2H])([2H])C([2H])([2H])N(C(=O)C[C@H](CSc2ccccc2)Nc2ccc(S(N)(=O)=O)cc2S(=O)(=O)C(F)(F)F)C1([2H])[2H]. The van der Waals surface area contributed by atoms with Crippen LogP contribution in [-0.2, 0) is 29.4 Å². The number of ether oxygens (including phenoxy) is 1. The summed E-state index contributed by atoms with van der Waals surface area (Å²) in [6, 6.07) is 8.14. The van der Waals surface area contributed by atoms with Crippen LogP contribution < -0.4 is 10.5 Å². The molecule has 1 atom stereocenters. The molecule has 0 unspecified atom stereocenters. The van der Waals surface area contributed by atoms with Crippen molar-refractivity contribution in [2.24, 2.45) is 5.14 Å². The average Bonchev–Trinajstić information content (AvgIpc) is 2.85. The summed E-state index contributed by atoms with van der Waals surface area (Å²) in [6.45, 7) is -14.4. The number of amides is 1. The van der Waals surface area contributed by atoms with Gasteiger partial charge in [0.15, 0.2) is 0 Å². The van der Waals surface area contributed by atoms with Gasteiger partial charge in [-0.1, -0.05) is 18.2 Å². The lowest BCUT2D eigenvalue weighted by Crippen LogP contribution is -2.43. The third-order valence-corrected chi connectivity index (χ3v) is 8.13. The molecule has 3 rings (SSSR count). The van der Waals surface area contributed by atoms with Gasteiger partial charge in [0.1, 0.15) is 4.90 Å². The lowest BCUT2D eigenvalue weighted by molar-refractivity contribution is -0.135. The van der Waals surface area contributed by atoms with Crippen LogP contribution >= 0.6 is 11.8 Å². The number of hydrogen-bond donors (Lipinski definition) is 2. The van der Waals surface area contributed by atoms with Crippen LogP contribution in [0.5, 0.6) is 0 Å². The van der Waals surface area contributed by atoms with Crippen LogP contribution in [0.1, 0.15) is 17.4 Å². The van der Waals surface area contributed by atoms with Gasteiger partial charge in [0.2, 0.25) is 15.9 Å². The zero-order valence-corrected chi connectivity index (χ0v) is 20.4. The van der Waals surface area contributed by atoms with E-state index in [1.54, 1.807) is 30.3 Å². The quantitative estimate of drug-likeness (QED) is 0.436. The largest absolute Gasteiger partial charge is 0.501 e. The molecule has 198 valence electrons. The van der Waals surface area contributed by atoms with E-state index in [2.05, 4.69) is 10.1 Å². The van der Waals surface area contributed by atoms with Gasteiger partial charge < -0.3 is 15.0 Å². The van der Waals surface area contributed by atoms with E-state index in [4.69, 9.17) is 16.1 Å². The summed E-state index contributed by atoms with van der Waals surface area (Å²) in [5, 5.41) is 7.36. The number of nitrogens with two attached hydrogens (primary N) is 1. The number of morpholine rings is 1. The number of primary sulfonamides is 1. The number of alkyl halides is 3. The number of nitrogens with one attached hydrogen (secondary N) is 1. The molecule has 0 bridgehead atoms. The fourth-order valence-electron chi connectivity index (χ4n) is 2.85. The monoisotopic (exact) mass is 575 g/mol. The summed E-state index contributed by atoms with van der Waals surface area (Å²) in [4.78, 5) is 11.1. The van der Waals surface area contributed by atoms with Crippen molar-refractivity contribution < 1.29 is 50.5 Å². The summed E-state index contributed by atoms with van der Waals surface area (Å²) in [5.74, 6) is -1.85. The Labute approximate surface area is 222 Å². The van der Waals surface area contributed by atoms with Crippen LogP contribution in [0, 0.1) is 0 Å². The van der Waals surface area contributed by atoms with Gasteiger partial charge in [-0.2, -0.15) is 13.2 Å². The fraction of sp³-hybridized carbons (Fsp3) is 0.381. The lowest BCUT2D eigenvalue weighted by atomic mass is 10.2. The number of hydrogen-bond acceptors (Lipinski definition) is 8. The Balaban J connectivity index is 2.12. The highest BCUT2D eigenvalue weighted by molar-refractivity contribution is 7.99. The number of sulfone groups is 1. The lowest BCUT2D eigenvalue weighted by Gasteiger charge is -2.29. The van der Waals surface area contributed by atoms with Crippen LogP contribution in [0.15, 0.2) is 63.2 Å². The molecule has 2 aromatic rings. The van der Waals surface area contributed by atoms with Gasteiger partial charge in [0.05, 0.1) is 34.7 Å². The predicted molar refractivity (Wildman–Crippen MR) is 128 cm³/mol. The summed E-state index contributed by atoms with van der Waals surface area (Å²) < 4.78 is 157. The van der Waals surface area contributed by atoms with Crippen LogP contribution in [0.3, 0.4) is 0 Å². The number of rotatable bonds is 9. The minimum atomic E-state index is -6.24. The number of halogens is 3. The second kappa shape index (κ2) is 11.4. The number of thioether (sulfide) groups is 1. The first-order valence-corrected chi connectivity index (χ1v) is 13.7. The van der Waals surface area contributed by atoms with E-state index in [9.17, 15) is 34.8 Å². The molecule has 36 heavy (non-hydrogen) atoms. The van der Waals surface area contributed by atoms with Crippen LogP contribution in [0.2, 0.25) is 0 Å². The molecule has 1 fully saturated rings. The zero-order valence-electron chi connectivity index (χ0n) is 25.9. The van der Waals surface area contributed by atoms with Gasteiger partial charge >= 0.3 is 5.51 Å². The van der Waals surface area contributed by atoms with Crippen LogP contribution in [0.4, 0.5) is 18.9 Å². The van der Waals surface area contributed by atoms with E-state index in [-0.39, 0.29) is 16.7 Å². The zero-order chi connectivity index (χ0) is 33.7. The minimum absolute atomic E-state index is 0.159. The minimum Gasteiger partial charge on any atom is -0.380 e. The smallest absolute Gasteiger partial charge is 0.380 e. The number of anilines is 1. The first-order chi connectivity index (χ1) is 19.8. The van der Waals surface area contributed by atoms with Crippen molar-refractivity contribution in [3.8, 4) is 0 Å². The van der Waals surface area contributed by atoms with E-state index >= 15 is 0 Å². The van der Waals surface area contributed by atoms with Gasteiger partial charge in [-0.3, -0.25) is 4.79 Å².